The smallest absolute Gasteiger partial charge is 0.262 e. The van der Waals surface area contributed by atoms with Gasteiger partial charge in [-0.2, -0.15) is 0 Å². The molecule has 0 saturated carbocycles. The Morgan fingerprint density at radius 3 is 2.84 bits per heavy atom. The number of nitrogens with one attached hydrogen (secondary N) is 2. The summed E-state index contributed by atoms with van der Waals surface area (Å²) in [6.45, 7) is 1.71. The standard InChI is InChI=1S/C18H17FN2O4/c1-10(11-3-5-15(24-2)13(19)7-11)20-18(23)12-4-6-16-14(8-12)21-17(22)9-25-16/h3-8,10H,9H2,1-2H3,(H,20,23)(H,21,22). The second kappa shape index (κ2) is 6.80. The van der Waals surface area contributed by atoms with Gasteiger partial charge in [0.05, 0.1) is 18.8 Å². The number of methoxy groups -OCH3 is 1. The number of benzene rings is 2. The van der Waals surface area contributed by atoms with E-state index in [0.717, 1.165) is 0 Å². The number of amides is 2. The molecule has 1 unspecified atom stereocenters. The average molecular weight is 344 g/mol. The van der Waals surface area contributed by atoms with Crippen molar-refractivity contribution < 1.29 is 23.5 Å². The average Bonchev–Trinajstić information content (AvgIpc) is 2.60. The summed E-state index contributed by atoms with van der Waals surface area (Å²) in [7, 11) is 1.39. The van der Waals surface area contributed by atoms with E-state index in [1.165, 1.54) is 19.2 Å². The Balaban J connectivity index is 1.74. The van der Waals surface area contributed by atoms with Crippen molar-refractivity contribution in [1.29, 1.82) is 0 Å². The van der Waals surface area contributed by atoms with Crippen molar-refractivity contribution in [2.24, 2.45) is 0 Å². The van der Waals surface area contributed by atoms with Crippen LogP contribution in [0.3, 0.4) is 0 Å². The van der Waals surface area contributed by atoms with E-state index in [1.807, 2.05) is 0 Å². The first-order valence-corrected chi connectivity index (χ1v) is 7.69. The number of carbonyl (C=O) groups excluding carboxylic acids is 2. The third kappa shape index (κ3) is 3.55. The summed E-state index contributed by atoms with van der Waals surface area (Å²) in [4.78, 5) is 23.8. The predicted octanol–water partition coefficient (Wildman–Crippen LogP) is 2.66. The molecule has 7 heteroatoms. The number of anilines is 1. The summed E-state index contributed by atoms with van der Waals surface area (Å²) in [5, 5.41) is 5.45. The van der Waals surface area contributed by atoms with Crippen LogP contribution in [0.5, 0.6) is 11.5 Å². The molecule has 0 fully saturated rings. The van der Waals surface area contributed by atoms with Gasteiger partial charge < -0.3 is 20.1 Å². The maximum atomic E-state index is 13.8. The van der Waals surface area contributed by atoms with Gasteiger partial charge in [0.1, 0.15) is 5.75 Å². The first-order valence-electron chi connectivity index (χ1n) is 7.69. The van der Waals surface area contributed by atoms with E-state index in [0.29, 0.717) is 22.6 Å². The molecule has 6 nitrogen and oxygen atoms in total. The molecule has 1 aliphatic rings. The zero-order valence-electron chi connectivity index (χ0n) is 13.8. The normalized spacial score (nSPS) is 14.0. The van der Waals surface area contributed by atoms with Gasteiger partial charge in [-0.05, 0) is 42.8 Å². The molecule has 0 aliphatic carbocycles. The van der Waals surface area contributed by atoms with Gasteiger partial charge in [-0.25, -0.2) is 4.39 Å². The summed E-state index contributed by atoms with van der Waals surface area (Å²) >= 11 is 0. The topological polar surface area (TPSA) is 76.7 Å². The summed E-state index contributed by atoms with van der Waals surface area (Å²) in [6, 6.07) is 8.89. The van der Waals surface area contributed by atoms with E-state index in [-0.39, 0.29) is 24.2 Å². The van der Waals surface area contributed by atoms with Crippen LogP contribution >= 0.6 is 0 Å². The fourth-order valence-electron chi connectivity index (χ4n) is 2.54. The Morgan fingerprint density at radius 2 is 2.12 bits per heavy atom. The lowest BCUT2D eigenvalue weighted by molar-refractivity contribution is -0.118. The molecule has 1 heterocycles. The SMILES string of the molecule is COc1ccc(C(C)NC(=O)c2ccc3c(c2)NC(=O)CO3)cc1F. The van der Waals surface area contributed by atoms with E-state index >= 15 is 0 Å². The molecule has 3 rings (SSSR count). The Bertz CT molecular complexity index is 838. The summed E-state index contributed by atoms with van der Waals surface area (Å²) in [5.74, 6) is -0.442. The first-order chi connectivity index (χ1) is 12.0. The minimum absolute atomic E-state index is 0.0430. The lowest BCUT2D eigenvalue weighted by Gasteiger charge is -2.19. The van der Waals surface area contributed by atoms with Gasteiger partial charge in [0.25, 0.3) is 11.8 Å². The van der Waals surface area contributed by atoms with Gasteiger partial charge in [-0.3, -0.25) is 9.59 Å². The molecule has 0 aromatic heterocycles. The molecule has 0 spiro atoms. The number of rotatable bonds is 4. The summed E-state index contributed by atoms with van der Waals surface area (Å²) in [5.41, 5.74) is 1.43. The molecule has 2 N–H and O–H groups in total. The van der Waals surface area contributed by atoms with Crippen molar-refractivity contribution in [2.45, 2.75) is 13.0 Å². The maximum absolute atomic E-state index is 13.8. The van der Waals surface area contributed by atoms with E-state index in [1.54, 1.807) is 31.2 Å². The number of ether oxygens (including phenoxy) is 2. The van der Waals surface area contributed by atoms with Crippen LogP contribution in [-0.2, 0) is 4.79 Å². The molecule has 2 amide bonds. The Morgan fingerprint density at radius 1 is 1.32 bits per heavy atom. The third-order valence-corrected chi connectivity index (χ3v) is 3.90. The fourth-order valence-corrected chi connectivity index (χ4v) is 2.54. The quantitative estimate of drug-likeness (QED) is 0.894. The second-order valence-electron chi connectivity index (χ2n) is 5.64. The van der Waals surface area contributed by atoms with Crippen LogP contribution in [0.2, 0.25) is 0 Å². The number of hydrogen-bond acceptors (Lipinski definition) is 4. The van der Waals surface area contributed by atoms with Crippen molar-refractivity contribution in [3.8, 4) is 11.5 Å². The second-order valence-corrected chi connectivity index (χ2v) is 5.64. The first kappa shape index (κ1) is 16.8. The zero-order chi connectivity index (χ0) is 18.0. The van der Waals surface area contributed by atoms with Gasteiger partial charge >= 0.3 is 0 Å². The van der Waals surface area contributed by atoms with Crippen LogP contribution in [0.15, 0.2) is 36.4 Å². The zero-order valence-corrected chi connectivity index (χ0v) is 13.8. The third-order valence-electron chi connectivity index (χ3n) is 3.90. The lowest BCUT2D eigenvalue weighted by atomic mass is 10.1. The lowest BCUT2D eigenvalue weighted by Crippen LogP contribution is -2.28. The van der Waals surface area contributed by atoms with Gasteiger partial charge in [-0.15, -0.1) is 0 Å². The number of hydrogen-bond donors (Lipinski definition) is 2. The Hall–Kier alpha value is -3.09. The summed E-state index contributed by atoms with van der Waals surface area (Å²) in [6.07, 6.45) is 0. The van der Waals surface area contributed by atoms with Crippen molar-refractivity contribution in [3.05, 3.63) is 53.3 Å². The van der Waals surface area contributed by atoms with Crippen LogP contribution in [-0.4, -0.2) is 25.5 Å². The summed E-state index contributed by atoms with van der Waals surface area (Å²) < 4.78 is 23.9. The Labute approximate surface area is 143 Å². The minimum Gasteiger partial charge on any atom is -0.494 e. The van der Waals surface area contributed by atoms with Gasteiger partial charge in [0, 0.05) is 5.56 Å². The van der Waals surface area contributed by atoms with Gasteiger partial charge in [-0.1, -0.05) is 6.07 Å². The molecule has 1 atom stereocenters. The highest BCUT2D eigenvalue weighted by Gasteiger charge is 2.19. The molecule has 25 heavy (non-hydrogen) atoms. The van der Waals surface area contributed by atoms with Crippen molar-refractivity contribution in [3.63, 3.8) is 0 Å². The van der Waals surface area contributed by atoms with Gasteiger partial charge in [0.2, 0.25) is 0 Å². The van der Waals surface area contributed by atoms with E-state index < -0.39 is 11.9 Å². The van der Waals surface area contributed by atoms with Crippen molar-refractivity contribution in [2.75, 3.05) is 19.0 Å². The monoisotopic (exact) mass is 344 g/mol. The van der Waals surface area contributed by atoms with E-state index in [2.05, 4.69) is 10.6 Å². The predicted molar refractivity (Wildman–Crippen MR) is 89.4 cm³/mol. The molecule has 0 bridgehead atoms. The minimum atomic E-state index is -0.491. The highest BCUT2D eigenvalue weighted by atomic mass is 19.1. The number of carbonyl (C=O) groups is 2. The van der Waals surface area contributed by atoms with Crippen molar-refractivity contribution >= 4 is 17.5 Å². The fraction of sp³-hybridized carbons (Fsp3) is 0.222. The highest BCUT2D eigenvalue weighted by Crippen LogP contribution is 2.29. The Kier molecular flexibility index (Phi) is 4.56. The van der Waals surface area contributed by atoms with Crippen LogP contribution in [0, 0.1) is 5.82 Å². The van der Waals surface area contributed by atoms with Crippen LogP contribution in [0.25, 0.3) is 0 Å². The molecule has 2 aromatic carbocycles. The number of fused-ring (bicyclic) bond motifs is 1. The van der Waals surface area contributed by atoms with Crippen LogP contribution < -0.4 is 20.1 Å². The van der Waals surface area contributed by atoms with Crippen LogP contribution in [0.1, 0.15) is 28.9 Å². The highest BCUT2D eigenvalue weighted by molar-refractivity contribution is 5.99. The van der Waals surface area contributed by atoms with Crippen LogP contribution in [0.4, 0.5) is 10.1 Å². The molecule has 130 valence electrons. The molecule has 0 radical (unpaired) electrons. The van der Waals surface area contributed by atoms with Gasteiger partial charge in [0.15, 0.2) is 18.2 Å². The van der Waals surface area contributed by atoms with Crippen molar-refractivity contribution in [1.82, 2.24) is 5.32 Å². The van der Waals surface area contributed by atoms with E-state index in [4.69, 9.17) is 9.47 Å². The van der Waals surface area contributed by atoms with E-state index in [9.17, 15) is 14.0 Å². The largest absolute Gasteiger partial charge is 0.494 e. The maximum Gasteiger partial charge on any atom is 0.262 e. The molecule has 1 aliphatic heterocycles. The molecular formula is C18H17FN2O4. The number of halogens is 1. The molecular weight excluding hydrogens is 327 g/mol. The molecule has 0 saturated heterocycles. The molecule has 2 aromatic rings.